The van der Waals surface area contributed by atoms with E-state index in [0.717, 1.165) is 0 Å². The van der Waals surface area contributed by atoms with E-state index < -0.39 is 79.5 Å². The van der Waals surface area contributed by atoms with E-state index in [1.54, 1.807) is 13.0 Å². The normalized spacial score (nSPS) is 40.6. The number of rotatable bonds is 6. The lowest BCUT2D eigenvalue weighted by molar-refractivity contribution is -0.342. The number of hydrogen-bond acceptors (Lipinski definition) is 12. The first-order valence-corrected chi connectivity index (χ1v) is 11.2. The van der Waals surface area contributed by atoms with E-state index in [9.17, 15) is 35.4 Å². The lowest BCUT2D eigenvalue weighted by atomic mass is 9.88. The van der Waals surface area contributed by atoms with Gasteiger partial charge >= 0.3 is 5.97 Å². The Kier molecular flexibility index (Phi) is 7.52. The lowest BCUT2D eigenvalue weighted by Crippen LogP contribution is -2.60. The molecule has 35 heavy (non-hydrogen) atoms. The number of phenolic OH excluding ortho intramolecular Hbond substituents is 1. The number of methoxy groups -OCH3 is 1. The summed E-state index contributed by atoms with van der Waals surface area (Å²) in [6.45, 7) is 1.24. The zero-order valence-corrected chi connectivity index (χ0v) is 19.1. The Morgan fingerprint density at radius 3 is 2.46 bits per heavy atom. The Morgan fingerprint density at radius 2 is 1.74 bits per heavy atom. The fourth-order valence-corrected chi connectivity index (χ4v) is 4.79. The zero-order valence-electron chi connectivity index (χ0n) is 19.1. The van der Waals surface area contributed by atoms with Crippen LogP contribution in [0.25, 0.3) is 0 Å². The van der Waals surface area contributed by atoms with Gasteiger partial charge in [-0.3, -0.25) is 0 Å². The highest BCUT2D eigenvalue weighted by atomic mass is 16.8. The van der Waals surface area contributed by atoms with Gasteiger partial charge < -0.3 is 54.3 Å². The molecular formula is C23H30O12. The molecule has 1 aliphatic carbocycles. The van der Waals surface area contributed by atoms with Gasteiger partial charge in [0.25, 0.3) is 0 Å². The van der Waals surface area contributed by atoms with Crippen LogP contribution < -0.4 is 4.74 Å². The Hall–Kier alpha value is -2.45. The van der Waals surface area contributed by atoms with Crippen LogP contribution in [-0.2, 0) is 18.9 Å². The van der Waals surface area contributed by atoms with Gasteiger partial charge in [-0.1, -0.05) is 6.92 Å². The van der Waals surface area contributed by atoms with Crippen LogP contribution in [0.2, 0.25) is 0 Å². The van der Waals surface area contributed by atoms with E-state index in [0.29, 0.717) is 0 Å². The molecule has 4 rings (SSSR count). The van der Waals surface area contributed by atoms with Crippen LogP contribution in [0.4, 0.5) is 0 Å². The molecule has 194 valence electrons. The van der Waals surface area contributed by atoms with Crippen LogP contribution in [0, 0.1) is 17.8 Å². The number of aliphatic hydroxyl groups is 5. The molecule has 0 aromatic heterocycles. The van der Waals surface area contributed by atoms with Gasteiger partial charge in [0, 0.05) is 11.8 Å². The van der Waals surface area contributed by atoms with E-state index in [-0.39, 0.29) is 17.1 Å². The summed E-state index contributed by atoms with van der Waals surface area (Å²) >= 11 is 0. The molecule has 12 heteroatoms. The van der Waals surface area contributed by atoms with Crippen molar-refractivity contribution >= 4 is 5.97 Å². The molecule has 12 nitrogen and oxygen atoms in total. The number of phenols is 1. The summed E-state index contributed by atoms with van der Waals surface area (Å²) in [5.74, 6) is -2.22. The minimum absolute atomic E-state index is 0.0663. The first kappa shape index (κ1) is 25.6. The molecule has 1 saturated carbocycles. The topological polar surface area (TPSA) is 185 Å². The van der Waals surface area contributed by atoms with Crippen LogP contribution in [-0.4, -0.2) is 99.5 Å². The second-order valence-electron chi connectivity index (χ2n) is 8.96. The van der Waals surface area contributed by atoms with E-state index >= 15 is 0 Å². The predicted octanol–water partition coefficient (Wildman–Crippen LogP) is -1.14. The summed E-state index contributed by atoms with van der Waals surface area (Å²) in [5.41, 5.74) is 0.0686. The number of aromatic hydroxyl groups is 1. The van der Waals surface area contributed by atoms with Gasteiger partial charge in [-0.25, -0.2) is 4.79 Å². The van der Waals surface area contributed by atoms with Crippen molar-refractivity contribution in [2.45, 2.75) is 56.1 Å². The Bertz CT molecular complexity index is 937. The number of hydrogen-bond donors (Lipinski definition) is 6. The molecule has 2 heterocycles. The number of aliphatic hydroxyl groups excluding tert-OH is 5. The summed E-state index contributed by atoms with van der Waals surface area (Å²) < 4.78 is 27.1. The first-order valence-electron chi connectivity index (χ1n) is 11.2. The molecule has 0 radical (unpaired) electrons. The van der Waals surface area contributed by atoms with E-state index in [1.807, 2.05) is 0 Å². The molecule has 2 aliphatic heterocycles. The minimum atomic E-state index is -1.68. The fraction of sp³-hybridized carbons (Fsp3) is 0.609. The maximum Gasteiger partial charge on any atom is 0.338 e. The van der Waals surface area contributed by atoms with Crippen molar-refractivity contribution in [1.82, 2.24) is 0 Å². The zero-order chi connectivity index (χ0) is 25.4. The monoisotopic (exact) mass is 498 g/mol. The summed E-state index contributed by atoms with van der Waals surface area (Å²) in [4.78, 5) is 12.4. The average molecular weight is 498 g/mol. The molecule has 2 fully saturated rings. The predicted molar refractivity (Wildman–Crippen MR) is 115 cm³/mol. The molecule has 1 aromatic rings. The Labute approximate surface area is 200 Å². The van der Waals surface area contributed by atoms with Gasteiger partial charge in [0.1, 0.15) is 31.0 Å². The van der Waals surface area contributed by atoms with Gasteiger partial charge in [-0.2, -0.15) is 0 Å². The smallest absolute Gasteiger partial charge is 0.338 e. The second kappa shape index (κ2) is 10.3. The van der Waals surface area contributed by atoms with Crippen LogP contribution in [0.15, 0.2) is 30.5 Å². The molecule has 1 aromatic carbocycles. The van der Waals surface area contributed by atoms with Crippen molar-refractivity contribution < 1.29 is 59.1 Å². The largest absolute Gasteiger partial charge is 0.504 e. The molecule has 0 amide bonds. The van der Waals surface area contributed by atoms with Gasteiger partial charge in [-0.15, -0.1) is 0 Å². The van der Waals surface area contributed by atoms with E-state index in [2.05, 4.69) is 0 Å². The average Bonchev–Trinajstić information content (AvgIpc) is 3.08. The van der Waals surface area contributed by atoms with Crippen molar-refractivity contribution in [2.24, 2.45) is 17.8 Å². The standard InChI is InChI=1S/C23H30O12/c1-9-15-11(17(26)16(9)25)5-6-32-22(15)35-23-20(29)19(28)18(27)14(34-23)8-33-21(30)10-3-4-12(24)13(7-10)31-2/h3-7,9,11,14-20,22-29H,8H2,1-2H3/t9-,11+,14+,15+,16+,17-,18+,19-,20+,22-,23?/m0/s1. The minimum Gasteiger partial charge on any atom is -0.504 e. The van der Waals surface area contributed by atoms with Crippen LogP contribution in [0.1, 0.15) is 17.3 Å². The summed E-state index contributed by atoms with van der Waals surface area (Å²) in [6.07, 6.45) is -7.75. The van der Waals surface area contributed by atoms with Crippen LogP contribution in [0.5, 0.6) is 11.5 Å². The molecule has 6 N–H and O–H groups in total. The Balaban J connectivity index is 1.42. The quantitative estimate of drug-likeness (QED) is 0.259. The number of esters is 1. The van der Waals surface area contributed by atoms with Gasteiger partial charge in [0.05, 0.1) is 31.1 Å². The maximum atomic E-state index is 12.4. The molecule has 0 bridgehead atoms. The number of benzene rings is 1. The van der Waals surface area contributed by atoms with Crippen molar-refractivity contribution in [3.63, 3.8) is 0 Å². The highest BCUT2D eigenvalue weighted by Gasteiger charge is 2.54. The molecule has 11 atom stereocenters. The summed E-state index contributed by atoms with van der Waals surface area (Å²) in [7, 11) is 1.32. The van der Waals surface area contributed by atoms with Gasteiger partial charge in [-0.05, 0) is 30.2 Å². The molecule has 1 saturated heterocycles. The number of fused-ring (bicyclic) bond motifs is 1. The molecular weight excluding hydrogens is 468 g/mol. The van der Waals surface area contributed by atoms with Gasteiger partial charge in [0.2, 0.25) is 6.29 Å². The third-order valence-electron chi connectivity index (χ3n) is 6.89. The number of ether oxygens (including phenoxy) is 5. The lowest BCUT2D eigenvalue weighted by Gasteiger charge is -2.42. The second-order valence-corrected chi connectivity index (χ2v) is 8.96. The van der Waals surface area contributed by atoms with Crippen molar-refractivity contribution in [3.05, 3.63) is 36.1 Å². The first-order chi connectivity index (χ1) is 16.6. The molecule has 3 aliphatic rings. The summed E-state index contributed by atoms with van der Waals surface area (Å²) in [6, 6.07) is 3.85. The highest BCUT2D eigenvalue weighted by molar-refractivity contribution is 5.90. The fourth-order valence-electron chi connectivity index (χ4n) is 4.79. The van der Waals surface area contributed by atoms with Crippen molar-refractivity contribution in [3.8, 4) is 11.5 Å². The van der Waals surface area contributed by atoms with Crippen molar-refractivity contribution in [2.75, 3.05) is 13.7 Å². The molecule has 0 spiro atoms. The van der Waals surface area contributed by atoms with E-state index in [4.69, 9.17) is 23.7 Å². The highest BCUT2D eigenvalue weighted by Crippen LogP contribution is 2.44. The summed E-state index contributed by atoms with van der Waals surface area (Å²) in [5, 5.41) is 61.3. The third kappa shape index (κ3) is 4.83. The maximum absolute atomic E-state index is 12.4. The number of carbonyl (C=O) groups is 1. The van der Waals surface area contributed by atoms with Crippen molar-refractivity contribution in [1.29, 1.82) is 0 Å². The van der Waals surface area contributed by atoms with Gasteiger partial charge in [0.15, 0.2) is 17.8 Å². The van der Waals surface area contributed by atoms with Crippen LogP contribution >= 0.6 is 0 Å². The van der Waals surface area contributed by atoms with E-state index in [1.165, 1.54) is 31.6 Å². The number of carbonyl (C=O) groups excluding carboxylic acids is 1. The SMILES string of the molecule is COc1cc(C(=O)OC[C@H]2OC(O[C@@H]3OC=C[C@H]4[C@H](O)[C@H](O)[C@@H](C)[C@@H]34)[C@H](O)[C@@H](O)[C@@H]2O)ccc1O. The molecule has 1 unspecified atom stereocenters. The van der Waals surface area contributed by atoms with Crippen LogP contribution in [0.3, 0.4) is 0 Å². The Morgan fingerprint density at radius 1 is 1.00 bits per heavy atom. The third-order valence-corrected chi connectivity index (χ3v) is 6.89.